The van der Waals surface area contributed by atoms with Gasteiger partial charge in [-0.25, -0.2) is 9.78 Å². The second-order valence-corrected chi connectivity index (χ2v) is 8.09. The summed E-state index contributed by atoms with van der Waals surface area (Å²) in [6.07, 6.45) is 4.65. The summed E-state index contributed by atoms with van der Waals surface area (Å²) in [5.74, 6) is 0.694. The van der Waals surface area contributed by atoms with Crippen molar-refractivity contribution < 1.29 is 19.1 Å². The summed E-state index contributed by atoms with van der Waals surface area (Å²) in [4.78, 5) is 33.9. The van der Waals surface area contributed by atoms with Crippen molar-refractivity contribution in [1.82, 2.24) is 15.3 Å². The standard InChI is InChI=1S/C25H27N3O4/c1-31-23-12-11-21-24(28-23)19(13-14-26-21)15-22(29)18-7-9-20(10-8-18)27-25(30)32-16-17-5-3-2-4-6-17/h2-6,11-14,18,20H,7-10,15-16H2,1H3,(H,27,30)/t18-,20-. The topological polar surface area (TPSA) is 90.4 Å². The van der Waals surface area contributed by atoms with Gasteiger partial charge in [-0.2, -0.15) is 0 Å². The lowest BCUT2D eigenvalue weighted by molar-refractivity contribution is -0.123. The third-order valence-corrected chi connectivity index (χ3v) is 5.93. The van der Waals surface area contributed by atoms with Gasteiger partial charge < -0.3 is 14.8 Å². The van der Waals surface area contributed by atoms with Crippen LogP contribution in [0, 0.1) is 5.92 Å². The molecule has 166 valence electrons. The van der Waals surface area contributed by atoms with Gasteiger partial charge in [-0.15, -0.1) is 0 Å². The molecule has 1 saturated carbocycles. The molecule has 1 aliphatic rings. The molecule has 0 atom stereocenters. The molecule has 0 bridgehead atoms. The Morgan fingerprint density at radius 2 is 1.81 bits per heavy atom. The Bertz CT molecular complexity index is 1080. The molecule has 0 spiro atoms. The number of benzene rings is 1. The van der Waals surface area contributed by atoms with E-state index in [1.54, 1.807) is 19.4 Å². The Hall–Kier alpha value is -3.48. The first-order chi connectivity index (χ1) is 15.6. The van der Waals surface area contributed by atoms with Crippen molar-refractivity contribution in [3.63, 3.8) is 0 Å². The molecule has 2 heterocycles. The highest BCUT2D eigenvalue weighted by Gasteiger charge is 2.27. The molecule has 1 N–H and O–H groups in total. The minimum atomic E-state index is -0.410. The van der Waals surface area contributed by atoms with Gasteiger partial charge in [0.25, 0.3) is 0 Å². The molecule has 3 aromatic rings. The van der Waals surface area contributed by atoms with Gasteiger partial charge in [-0.05, 0) is 48.9 Å². The molecule has 1 aliphatic carbocycles. The second kappa shape index (κ2) is 10.2. The van der Waals surface area contributed by atoms with E-state index >= 15 is 0 Å². The lowest BCUT2D eigenvalue weighted by Gasteiger charge is -2.28. The van der Waals surface area contributed by atoms with Crippen molar-refractivity contribution in [2.24, 2.45) is 5.92 Å². The van der Waals surface area contributed by atoms with Crippen LogP contribution in [0.25, 0.3) is 11.0 Å². The van der Waals surface area contributed by atoms with Gasteiger partial charge in [0.1, 0.15) is 12.4 Å². The van der Waals surface area contributed by atoms with E-state index in [0.717, 1.165) is 42.3 Å². The van der Waals surface area contributed by atoms with E-state index in [1.807, 2.05) is 42.5 Å². The van der Waals surface area contributed by atoms with Crippen LogP contribution in [0.15, 0.2) is 54.7 Å². The number of pyridine rings is 2. The van der Waals surface area contributed by atoms with Crippen LogP contribution < -0.4 is 10.1 Å². The fourth-order valence-corrected chi connectivity index (χ4v) is 4.14. The van der Waals surface area contributed by atoms with E-state index < -0.39 is 6.09 Å². The van der Waals surface area contributed by atoms with Crippen molar-refractivity contribution in [3.05, 3.63) is 65.9 Å². The first kappa shape index (κ1) is 21.7. The van der Waals surface area contributed by atoms with Gasteiger partial charge in [-0.3, -0.25) is 9.78 Å². The van der Waals surface area contributed by atoms with Crippen LogP contribution in [-0.2, 0) is 22.6 Å². The number of carbonyl (C=O) groups excluding carboxylic acids is 2. The van der Waals surface area contributed by atoms with Crippen LogP contribution >= 0.6 is 0 Å². The first-order valence-electron chi connectivity index (χ1n) is 10.9. The predicted octanol–water partition coefficient (Wildman–Crippen LogP) is 4.24. The van der Waals surface area contributed by atoms with Crippen molar-refractivity contribution in [2.45, 2.75) is 44.8 Å². The van der Waals surface area contributed by atoms with E-state index in [2.05, 4.69) is 15.3 Å². The van der Waals surface area contributed by atoms with E-state index in [9.17, 15) is 9.59 Å². The van der Waals surface area contributed by atoms with Crippen LogP contribution in [0.5, 0.6) is 5.88 Å². The number of rotatable bonds is 7. The fraction of sp³-hybridized carbons (Fsp3) is 0.360. The number of nitrogens with one attached hydrogen (secondary N) is 1. The number of Topliss-reactive ketones (excluding diaryl/α,β-unsaturated/α-hetero) is 1. The van der Waals surface area contributed by atoms with Gasteiger partial charge in [-0.1, -0.05) is 30.3 Å². The third kappa shape index (κ3) is 5.41. The smallest absolute Gasteiger partial charge is 0.407 e. The normalized spacial score (nSPS) is 18.2. The Labute approximate surface area is 187 Å². The molecule has 0 radical (unpaired) electrons. The average Bonchev–Trinajstić information content (AvgIpc) is 2.84. The number of carbonyl (C=O) groups is 2. The maximum atomic E-state index is 13.0. The molecule has 0 saturated heterocycles. The summed E-state index contributed by atoms with van der Waals surface area (Å²) in [6, 6.07) is 15.1. The minimum absolute atomic E-state index is 0.0118. The number of methoxy groups -OCH3 is 1. The summed E-state index contributed by atoms with van der Waals surface area (Å²) < 4.78 is 10.5. The number of fused-ring (bicyclic) bond motifs is 1. The maximum Gasteiger partial charge on any atom is 0.407 e. The molecule has 1 fully saturated rings. The van der Waals surface area contributed by atoms with E-state index in [-0.39, 0.29) is 24.3 Å². The zero-order chi connectivity index (χ0) is 22.3. The number of amides is 1. The minimum Gasteiger partial charge on any atom is -0.481 e. The molecule has 2 aromatic heterocycles. The third-order valence-electron chi connectivity index (χ3n) is 5.93. The fourth-order valence-electron chi connectivity index (χ4n) is 4.14. The molecule has 1 amide bonds. The monoisotopic (exact) mass is 433 g/mol. The largest absolute Gasteiger partial charge is 0.481 e. The highest BCUT2D eigenvalue weighted by atomic mass is 16.5. The van der Waals surface area contributed by atoms with Crippen molar-refractivity contribution in [3.8, 4) is 5.88 Å². The van der Waals surface area contributed by atoms with Gasteiger partial charge in [0.05, 0.1) is 18.1 Å². The Balaban J connectivity index is 1.27. The molecule has 7 nitrogen and oxygen atoms in total. The van der Waals surface area contributed by atoms with Crippen molar-refractivity contribution >= 4 is 22.9 Å². The van der Waals surface area contributed by atoms with Gasteiger partial charge in [0.15, 0.2) is 0 Å². The summed E-state index contributed by atoms with van der Waals surface area (Å²) in [7, 11) is 1.57. The van der Waals surface area contributed by atoms with Crippen molar-refractivity contribution in [1.29, 1.82) is 0 Å². The Kier molecular flexibility index (Phi) is 6.94. The quantitative estimate of drug-likeness (QED) is 0.600. The van der Waals surface area contributed by atoms with Crippen LogP contribution in [0.1, 0.15) is 36.8 Å². The van der Waals surface area contributed by atoms with Gasteiger partial charge >= 0.3 is 6.09 Å². The zero-order valence-corrected chi connectivity index (χ0v) is 18.1. The van der Waals surface area contributed by atoms with Gasteiger partial charge in [0.2, 0.25) is 5.88 Å². The summed E-state index contributed by atoms with van der Waals surface area (Å²) in [5, 5.41) is 2.93. The summed E-state index contributed by atoms with van der Waals surface area (Å²) in [6.45, 7) is 0.249. The highest BCUT2D eigenvalue weighted by molar-refractivity contribution is 5.88. The maximum absolute atomic E-state index is 13.0. The first-order valence-corrected chi connectivity index (χ1v) is 10.9. The molecule has 32 heavy (non-hydrogen) atoms. The van der Waals surface area contributed by atoms with E-state index in [4.69, 9.17) is 9.47 Å². The lowest BCUT2D eigenvalue weighted by Crippen LogP contribution is -2.39. The number of hydrogen-bond acceptors (Lipinski definition) is 6. The molecule has 4 rings (SSSR count). The molecule has 7 heteroatoms. The number of ketones is 1. The SMILES string of the molecule is COc1ccc2nccc(CC(=O)[C@H]3CC[C@H](NC(=O)OCc4ccccc4)CC3)c2n1. The number of ether oxygens (including phenoxy) is 2. The van der Waals surface area contributed by atoms with Gasteiger partial charge in [0, 0.05) is 30.6 Å². The number of alkyl carbamates (subject to hydrolysis) is 1. The summed E-state index contributed by atoms with van der Waals surface area (Å²) in [5.41, 5.74) is 3.27. The van der Waals surface area contributed by atoms with Crippen LogP contribution in [-0.4, -0.2) is 35.0 Å². The lowest BCUT2D eigenvalue weighted by atomic mass is 9.82. The van der Waals surface area contributed by atoms with E-state index in [0.29, 0.717) is 17.8 Å². The van der Waals surface area contributed by atoms with Crippen LogP contribution in [0.4, 0.5) is 4.79 Å². The highest BCUT2D eigenvalue weighted by Crippen LogP contribution is 2.27. The average molecular weight is 434 g/mol. The van der Waals surface area contributed by atoms with E-state index in [1.165, 1.54) is 0 Å². The zero-order valence-electron chi connectivity index (χ0n) is 18.1. The van der Waals surface area contributed by atoms with Crippen LogP contribution in [0.3, 0.4) is 0 Å². The second-order valence-electron chi connectivity index (χ2n) is 8.09. The number of hydrogen-bond donors (Lipinski definition) is 1. The number of aromatic nitrogens is 2. The Morgan fingerprint density at radius 1 is 1.03 bits per heavy atom. The predicted molar refractivity (Wildman–Crippen MR) is 120 cm³/mol. The molecule has 0 unspecified atom stereocenters. The van der Waals surface area contributed by atoms with Crippen LogP contribution in [0.2, 0.25) is 0 Å². The molecular formula is C25H27N3O4. The van der Waals surface area contributed by atoms with Crippen molar-refractivity contribution in [2.75, 3.05) is 7.11 Å². The molecule has 1 aromatic carbocycles. The molecule has 0 aliphatic heterocycles. The molecular weight excluding hydrogens is 406 g/mol. The number of nitrogens with zero attached hydrogens (tertiary/aromatic N) is 2. The summed E-state index contributed by atoms with van der Waals surface area (Å²) >= 11 is 0. The Morgan fingerprint density at radius 3 is 2.56 bits per heavy atom.